The van der Waals surface area contributed by atoms with E-state index in [2.05, 4.69) is 0 Å². The van der Waals surface area contributed by atoms with Crippen LogP contribution in [0.2, 0.25) is 5.02 Å². The van der Waals surface area contributed by atoms with Crippen LogP contribution >= 0.6 is 11.6 Å². The Balaban J connectivity index is 0.00000196. The zero-order chi connectivity index (χ0) is 10.9. The molecule has 1 aromatic rings. The number of rotatable bonds is 2. The molecule has 0 bridgehead atoms. The van der Waals surface area contributed by atoms with Crippen LogP contribution in [0.1, 0.15) is 17.3 Å². The van der Waals surface area contributed by atoms with Crippen LogP contribution in [0.3, 0.4) is 0 Å². The van der Waals surface area contributed by atoms with Gasteiger partial charge in [-0.3, -0.25) is 14.9 Å². The molecule has 15 heavy (non-hydrogen) atoms. The van der Waals surface area contributed by atoms with Crippen molar-refractivity contribution in [1.29, 1.82) is 0 Å². The van der Waals surface area contributed by atoms with E-state index in [0.717, 1.165) is 6.07 Å². The summed E-state index contributed by atoms with van der Waals surface area (Å²) in [7, 11) is 0. The summed E-state index contributed by atoms with van der Waals surface area (Å²) in [5.74, 6) is -0.975. The van der Waals surface area contributed by atoms with Crippen LogP contribution in [-0.2, 0) is 0 Å². The summed E-state index contributed by atoms with van der Waals surface area (Å²) in [6.45, 7) is 1.26. The SMILES string of the molecule is CC(=O)c1cc(Cl)c(O)c([N+](=O)[O-])c1.[KH]. The molecule has 0 radical (unpaired) electrons. The molecule has 0 unspecified atom stereocenters. The normalized spacial score (nSPS) is 9.20. The van der Waals surface area contributed by atoms with Crippen LogP contribution in [0.25, 0.3) is 0 Å². The molecule has 1 aromatic carbocycles. The van der Waals surface area contributed by atoms with Crippen molar-refractivity contribution in [3.8, 4) is 5.75 Å². The van der Waals surface area contributed by atoms with Crippen molar-refractivity contribution < 1.29 is 14.8 Å². The Morgan fingerprint density at radius 1 is 1.53 bits per heavy atom. The van der Waals surface area contributed by atoms with Gasteiger partial charge < -0.3 is 5.11 Å². The molecule has 5 nitrogen and oxygen atoms in total. The second-order valence-electron chi connectivity index (χ2n) is 2.64. The number of phenolic OH excluding ortho intramolecular Hbond substituents is 1. The minimum absolute atomic E-state index is 0. The number of nitro benzene ring substituents is 1. The van der Waals surface area contributed by atoms with Crippen molar-refractivity contribution in [2.24, 2.45) is 0 Å². The average Bonchev–Trinajstić information content (AvgIpc) is 2.08. The van der Waals surface area contributed by atoms with E-state index in [9.17, 15) is 20.0 Å². The predicted octanol–water partition coefficient (Wildman–Crippen LogP) is 1.51. The topological polar surface area (TPSA) is 80.4 Å². The molecule has 0 saturated carbocycles. The van der Waals surface area contributed by atoms with Crippen molar-refractivity contribution in [1.82, 2.24) is 0 Å². The number of nitro groups is 1. The molecule has 0 heterocycles. The number of Topliss-reactive ketones (excluding diaryl/α,β-unsaturated/α-hetero) is 1. The summed E-state index contributed by atoms with van der Waals surface area (Å²) in [4.78, 5) is 20.5. The summed E-state index contributed by atoms with van der Waals surface area (Å²) in [5.41, 5.74) is -0.470. The molecule has 0 fully saturated rings. The molecule has 0 aliphatic rings. The van der Waals surface area contributed by atoms with Crippen LogP contribution < -0.4 is 0 Å². The van der Waals surface area contributed by atoms with Crippen LogP contribution in [0.5, 0.6) is 5.75 Å². The second kappa shape index (κ2) is 5.93. The molecule has 7 heteroatoms. The van der Waals surface area contributed by atoms with Crippen LogP contribution in [0, 0.1) is 10.1 Å². The van der Waals surface area contributed by atoms with Gasteiger partial charge in [0.2, 0.25) is 5.75 Å². The number of aromatic hydroxyl groups is 1. The van der Waals surface area contributed by atoms with Crippen molar-refractivity contribution in [2.75, 3.05) is 0 Å². The summed E-state index contributed by atoms with van der Waals surface area (Å²) in [5, 5.41) is 19.4. The summed E-state index contributed by atoms with van der Waals surface area (Å²) in [6, 6.07) is 2.18. The molecule has 0 saturated heterocycles. The molecule has 0 aliphatic carbocycles. The number of carbonyl (C=O) groups is 1. The van der Waals surface area contributed by atoms with Gasteiger partial charge in [0.15, 0.2) is 5.78 Å². The monoisotopic (exact) mass is 255 g/mol. The zero-order valence-corrected chi connectivity index (χ0v) is 7.91. The van der Waals surface area contributed by atoms with E-state index in [1.165, 1.54) is 13.0 Å². The molecular weight excluding hydrogens is 249 g/mol. The molecule has 0 spiro atoms. The van der Waals surface area contributed by atoms with E-state index < -0.39 is 16.4 Å². The van der Waals surface area contributed by atoms with E-state index in [-0.39, 0.29) is 67.8 Å². The van der Waals surface area contributed by atoms with E-state index in [4.69, 9.17) is 11.6 Å². The number of nitrogens with zero attached hydrogens (tertiary/aromatic N) is 1. The van der Waals surface area contributed by atoms with E-state index >= 15 is 0 Å². The first-order chi connectivity index (χ1) is 6.43. The third kappa shape index (κ3) is 3.51. The van der Waals surface area contributed by atoms with Crippen molar-refractivity contribution in [3.63, 3.8) is 0 Å². The predicted molar refractivity (Wildman–Crippen MR) is 56.9 cm³/mol. The van der Waals surface area contributed by atoms with Gasteiger partial charge in [-0.1, -0.05) is 11.6 Å². The summed E-state index contributed by atoms with van der Waals surface area (Å²) < 4.78 is 0. The van der Waals surface area contributed by atoms with Gasteiger partial charge in [-0.05, 0) is 13.0 Å². The Bertz CT molecular complexity index is 421. The molecular formula is C8H7ClKNO4. The first-order valence-corrected chi connectivity index (χ1v) is 3.99. The Labute approximate surface area is 133 Å². The van der Waals surface area contributed by atoms with Gasteiger partial charge in [0, 0.05) is 11.6 Å². The quantitative estimate of drug-likeness (QED) is 0.376. The number of benzene rings is 1. The van der Waals surface area contributed by atoms with Crippen LogP contribution in [0.15, 0.2) is 12.1 Å². The minimum atomic E-state index is -0.798. The number of carbonyl (C=O) groups excluding carboxylic acids is 1. The molecule has 0 amide bonds. The average molecular weight is 256 g/mol. The van der Waals surface area contributed by atoms with E-state index in [0.29, 0.717) is 0 Å². The van der Waals surface area contributed by atoms with Gasteiger partial charge in [-0.25, -0.2) is 0 Å². The summed E-state index contributed by atoms with van der Waals surface area (Å²) in [6.07, 6.45) is 0. The van der Waals surface area contributed by atoms with Gasteiger partial charge in [-0.2, -0.15) is 0 Å². The number of hydrogen-bond donors (Lipinski definition) is 1. The first kappa shape index (κ1) is 15.0. The Morgan fingerprint density at radius 3 is 2.47 bits per heavy atom. The second-order valence-corrected chi connectivity index (χ2v) is 3.05. The molecule has 1 rings (SSSR count). The van der Waals surface area contributed by atoms with Gasteiger partial charge in [0.25, 0.3) is 0 Å². The third-order valence-electron chi connectivity index (χ3n) is 1.65. The molecule has 76 valence electrons. The van der Waals surface area contributed by atoms with E-state index in [1.807, 2.05) is 0 Å². The fraction of sp³-hybridized carbons (Fsp3) is 0.125. The fourth-order valence-electron chi connectivity index (χ4n) is 0.927. The van der Waals surface area contributed by atoms with Gasteiger partial charge in [-0.15, -0.1) is 0 Å². The van der Waals surface area contributed by atoms with Gasteiger partial charge >= 0.3 is 57.1 Å². The first-order valence-electron chi connectivity index (χ1n) is 3.61. The Hall–Kier alpha value is 0.0164. The zero-order valence-electron chi connectivity index (χ0n) is 7.15. The Kier molecular flexibility index (Phi) is 5.93. The maximum absolute atomic E-state index is 10.9. The Morgan fingerprint density at radius 2 is 2.07 bits per heavy atom. The molecule has 1 N–H and O–H groups in total. The number of halogens is 1. The number of hydrogen-bond acceptors (Lipinski definition) is 4. The fourth-order valence-corrected chi connectivity index (χ4v) is 1.14. The van der Waals surface area contributed by atoms with Crippen LogP contribution in [-0.4, -0.2) is 67.2 Å². The third-order valence-corrected chi connectivity index (χ3v) is 1.93. The van der Waals surface area contributed by atoms with Crippen molar-refractivity contribution in [2.45, 2.75) is 6.92 Å². The number of ketones is 1. The van der Waals surface area contributed by atoms with Crippen molar-refractivity contribution >= 4 is 74.5 Å². The number of phenols is 1. The van der Waals surface area contributed by atoms with Gasteiger partial charge in [0.1, 0.15) is 0 Å². The van der Waals surface area contributed by atoms with Gasteiger partial charge in [0.05, 0.1) is 9.95 Å². The van der Waals surface area contributed by atoms with Crippen LogP contribution in [0.4, 0.5) is 5.69 Å². The molecule has 0 atom stereocenters. The standard InChI is InChI=1S/C8H6ClNO4.K.H/c1-4(11)5-2-6(9)8(12)7(3-5)10(13)14;;/h2-3,12H,1H3;;. The summed E-state index contributed by atoms with van der Waals surface area (Å²) >= 11 is 5.50. The van der Waals surface area contributed by atoms with E-state index in [1.54, 1.807) is 0 Å². The molecule has 0 aliphatic heterocycles. The molecule has 0 aromatic heterocycles. The van der Waals surface area contributed by atoms with Crippen molar-refractivity contribution in [3.05, 3.63) is 32.8 Å². The maximum atomic E-state index is 10.9.